The summed E-state index contributed by atoms with van der Waals surface area (Å²) in [4.78, 5) is 12.4. The van der Waals surface area contributed by atoms with Crippen LogP contribution in [-0.4, -0.2) is 15.7 Å². The topological polar surface area (TPSA) is 72.9 Å². The quantitative estimate of drug-likeness (QED) is 0.701. The average molecular weight is 345 g/mol. The molecule has 3 rings (SSSR count). The maximum Gasteiger partial charge on any atom is 0.276 e. The van der Waals surface area contributed by atoms with E-state index in [-0.39, 0.29) is 5.91 Å². The summed E-state index contributed by atoms with van der Waals surface area (Å²) in [5.74, 6) is -0.260. The van der Waals surface area contributed by atoms with Crippen LogP contribution in [0.15, 0.2) is 46.9 Å². The minimum atomic E-state index is -0.260. The first-order chi connectivity index (χ1) is 10.0. The molecule has 0 saturated carbocycles. The third kappa shape index (κ3) is 2.62. The molecule has 0 fully saturated rings. The van der Waals surface area contributed by atoms with E-state index < -0.39 is 0 Å². The zero-order valence-corrected chi connectivity index (χ0v) is 12.9. The lowest BCUT2D eigenvalue weighted by Gasteiger charge is -2.04. The Bertz CT molecular complexity index is 841. The van der Waals surface area contributed by atoms with Crippen LogP contribution in [0, 0.1) is 0 Å². The van der Waals surface area contributed by atoms with Gasteiger partial charge in [-0.25, -0.2) is 0 Å². The molecule has 0 unspecified atom stereocenters. The second-order valence-corrected chi connectivity index (χ2v) is 5.63. The first-order valence-electron chi connectivity index (χ1n) is 6.34. The summed E-state index contributed by atoms with van der Waals surface area (Å²) in [5.41, 5.74) is 8.24. The molecule has 1 heterocycles. The van der Waals surface area contributed by atoms with Crippen molar-refractivity contribution in [2.45, 2.75) is 0 Å². The number of nitrogens with two attached hydrogens (primary N) is 1. The Balaban J connectivity index is 2.00. The summed E-state index contributed by atoms with van der Waals surface area (Å²) in [7, 11) is 1.81. The van der Waals surface area contributed by atoms with Gasteiger partial charge < -0.3 is 11.1 Å². The van der Waals surface area contributed by atoms with Crippen LogP contribution in [0.4, 0.5) is 11.4 Å². The maximum atomic E-state index is 12.4. The summed E-state index contributed by atoms with van der Waals surface area (Å²) in [6.45, 7) is 0. The van der Waals surface area contributed by atoms with E-state index in [1.807, 2.05) is 25.2 Å². The molecule has 0 saturated heterocycles. The summed E-state index contributed by atoms with van der Waals surface area (Å²) in [6, 6.07) is 12.8. The number of aromatic nitrogens is 2. The normalized spacial score (nSPS) is 10.8. The Kier molecular flexibility index (Phi) is 3.39. The van der Waals surface area contributed by atoms with Gasteiger partial charge in [-0.2, -0.15) is 5.10 Å². The minimum Gasteiger partial charge on any atom is -0.399 e. The fourth-order valence-electron chi connectivity index (χ4n) is 2.21. The van der Waals surface area contributed by atoms with Gasteiger partial charge in [0.1, 0.15) is 0 Å². The molecule has 6 heteroatoms. The molecule has 2 aromatic carbocycles. The fraction of sp³-hybridized carbons (Fsp3) is 0.0667. The van der Waals surface area contributed by atoms with Gasteiger partial charge in [-0.1, -0.05) is 22.0 Å². The monoisotopic (exact) mass is 344 g/mol. The number of anilines is 2. The molecule has 5 nitrogen and oxygen atoms in total. The van der Waals surface area contributed by atoms with Crippen LogP contribution in [0.3, 0.4) is 0 Å². The molecule has 3 aromatic rings. The van der Waals surface area contributed by atoms with E-state index in [4.69, 9.17) is 5.73 Å². The van der Waals surface area contributed by atoms with Crippen molar-refractivity contribution in [3.05, 3.63) is 52.6 Å². The molecule has 0 atom stereocenters. The zero-order chi connectivity index (χ0) is 15.0. The van der Waals surface area contributed by atoms with Crippen molar-refractivity contribution >= 4 is 44.1 Å². The molecule has 21 heavy (non-hydrogen) atoms. The Hall–Kier alpha value is -2.34. The molecule has 0 spiro atoms. The highest BCUT2D eigenvalue weighted by atomic mass is 79.9. The predicted octanol–water partition coefficient (Wildman–Crippen LogP) is 3.17. The molecule has 0 aliphatic rings. The van der Waals surface area contributed by atoms with Crippen LogP contribution in [0.25, 0.3) is 10.9 Å². The summed E-state index contributed by atoms with van der Waals surface area (Å²) in [6.07, 6.45) is 0. The molecule has 1 amide bonds. The van der Waals surface area contributed by atoms with Gasteiger partial charge in [0.25, 0.3) is 5.91 Å². The summed E-state index contributed by atoms with van der Waals surface area (Å²) >= 11 is 3.42. The second kappa shape index (κ2) is 5.21. The van der Waals surface area contributed by atoms with E-state index in [0.717, 1.165) is 15.4 Å². The van der Waals surface area contributed by atoms with Gasteiger partial charge in [0, 0.05) is 28.3 Å². The number of rotatable bonds is 2. The SMILES string of the molecule is Cn1nc(C(=O)Nc2cccc(N)c2)c2cc(Br)ccc21. The first kappa shape index (κ1) is 13.6. The van der Waals surface area contributed by atoms with E-state index in [2.05, 4.69) is 26.3 Å². The summed E-state index contributed by atoms with van der Waals surface area (Å²) in [5, 5.41) is 7.92. The molecule has 0 radical (unpaired) electrons. The third-order valence-corrected chi connectivity index (χ3v) is 3.67. The van der Waals surface area contributed by atoms with Gasteiger partial charge in [0.2, 0.25) is 0 Å². The van der Waals surface area contributed by atoms with Crippen LogP contribution in [0.5, 0.6) is 0 Å². The molecule has 0 aliphatic carbocycles. The highest BCUT2D eigenvalue weighted by Gasteiger charge is 2.16. The molecule has 3 N–H and O–H groups in total. The lowest BCUT2D eigenvalue weighted by atomic mass is 10.2. The maximum absolute atomic E-state index is 12.4. The molecule has 1 aromatic heterocycles. The number of nitrogens with zero attached hydrogens (tertiary/aromatic N) is 2. The van der Waals surface area contributed by atoms with Crippen LogP contribution < -0.4 is 11.1 Å². The van der Waals surface area contributed by atoms with E-state index >= 15 is 0 Å². The molecular weight excluding hydrogens is 332 g/mol. The molecule has 0 aliphatic heterocycles. The molecular formula is C15H13BrN4O. The van der Waals surface area contributed by atoms with Gasteiger partial charge in [-0.3, -0.25) is 9.48 Å². The van der Waals surface area contributed by atoms with E-state index in [9.17, 15) is 4.79 Å². The van der Waals surface area contributed by atoms with E-state index in [1.165, 1.54) is 0 Å². The smallest absolute Gasteiger partial charge is 0.276 e. The number of nitrogen functional groups attached to an aromatic ring is 1. The highest BCUT2D eigenvalue weighted by Crippen LogP contribution is 2.23. The largest absolute Gasteiger partial charge is 0.399 e. The number of amides is 1. The van der Waals surface area contributed by atoms with Crippen molar-refractivity contribution in [1.82, 2.24) is 9.78 Å². The lowest BCUT2D eigenvalue weighted by Crippen LogP contribution is -2.13. The van der Waals surface area contributed by atoms with Crippen molar-refractivity contribution in [1.29, 1.82) is 0 Å². The number of hydrogen-bond acceptors (Lipinski definition) is 3. The number of fused-ring (bicyclic) bond motifs is 1. The van der Waals surface area contributed by atoms with Gasteiger partial charge in [-0.15, -0.1) is 0 Å². The van der Waals surface area contributed by atoms with Crippen LogP contribution in [0.1, 0.15) is 10.5 Å². The molecule has 0 bridgehead atoms. The number of hydrogen-bond donors (Lipinski definition) is 2. The minimum absolute atomic E-state index is 0.260. The average Bonchev–Trinajstić information content (AvgIpc) is 2.75. The van der Waals surface area contributed by atoms with E-state index in [0.29, 0.717) is 17.1 Å². The highest BCUT2D eigenvalue weighted by molar-refractivity contribution is 9.10. The second-order valence-electron chi connectivity index (χ2n) is 4.71. The Labute approximate surface area is 129 Å². The summed E-state index contributed by atoms with van der Waals surface area (Å²) < 4.78 is 2.59. The predicted molar refractivity (Wildman–Crippen MR) is 87.2 cm³/mol. The van der Waals surface area contributed by atoms with Gasteiger partial charge in [-0.05, 0) is 36.4 Å². The van der Waals surface area contributed by atoms with E-state index in [1.54, 1.807) is 28.9 Å². The fourth-order valence-corrected chi connectivity index (χ4v) is 2.57. The Morgan fingerprint density at radius 3 is 2.86 bits per heavy atom. The number of carbonyl (C=O) groups is 1. The Morgan fingerprint density at radius 1 is 1.29 bits per heavy atom. The van der Waals surface area contributed by atoms with Crippen LogP contribution in [-0.2, 0) is 7.05 Å². The zero-order valence-electron chi connectivity index (χ0n) is 11.3. The number of aryl methyl sites for hydroxylation is 1. The van der Waals surface area contributed by atoms with Crippen molar-refractivity contribution in [2.75, 3.05) is 11.1 Å². The standard InChI is InChI=1S/C15H13BrN4O/c1-20-13-6-5-9(16)7-12(13)14(19-20)15(21)18-11-4-2-3-10(17)8-11/h2-8H,17H2,1H3,(H,18,21). The molecule has 106 valence electrons. The van der Waals surface area contributed by atoms with Crippen LogP contribution >= 0.6 is 15.9 Å². The van der Waals surface area contributed by atoms with Crippen LogP contribution in [0.2, 0.25) is 0 Å². The van der Waals surface area contributed by atoms with Crippen molar-refractivity contribution in [3.8, 4) is 0 Å². The Morgan fingerprint density at radius 2 is 2.10 bits per heavy atom. The van der Waals surface area contributed by atoms with Gasteiger partial charge >= 0.3 is 0 Å². The first-order valence-corrected chi connectivity index (χ1v) is 7.13. The van der Waals surface area contributed by atoms with Gasteiger partial charge in [0.05, 0.1) is 5.52 Å². The number of nitrogens with one attached hydrogen (secondary N) is 1. The van der Waals surface area contributed by atoms with Gasteiger partial charge in [0.15, 0.2) is 5.69 Å². The van der Waals surface area contributed by atoms with Crippen molar-refractivity contribution < 1.29 is 4.79 Å². The third-order valence-electron chi connectivity index (χ3n) is 3.17. The van der Waals surface area contributed by atoms with Crippen molar-refractivity contribution in [2.24, 2.45) is 7.05 Å². The number of halogens is 1. The number of carbonyl (C=O) groups excluding carboxylic acids is 1. The van der Waals surface area contributed by atoms with Crippen molar-refractivity contribution in [3.63, 3.8) is 0 Å². The number of benzene rings is 2. The lowest BCUT2D eigenvalue weighted by molar-refractivity contribution is 0.102.